The summed E-state index contributed by atoms with van der Waals surface area (Å²) in [7, 11) is 1.57. The highest BCUT2D eigenvalue weighted by atomic mass is 16.5. The van der Waals surface area contributed by atoms with Crippen molar-refractivity contribution in [3.8, 4) is 5.75 Å². The van der Waals surface area contributed by atoms with Crippen LogP contribution in [0.2, 0.25) is 0 Å². The number of ether oxygens (including phenoxy) is 1. The molecule has 0 aliphatic carbocycles. The van der Waals surface area contributed by atoms with Gasteiger partial charge >= 0.3 is 0 Å². The Morgan fingerprint density at radius 3 is 2.33 bits per heavy atom. The maximum atomic E-state index is 12.5. The van der Waals surface area contributed by atoms with Gasteiger partial charge < -0.3 is 19.9 Å². The SMILES string of the molecule is COc1ccc(NC(=O)c2cnc(N3CCN(c4ncccn4)CC3)[nH]c2=O)cc1. The average molecular weight is 407 g/mol. The Morgan fingerprint density at radius 1 is 1.03 bits per heavy atom. The second-order valence-corrected chi connectivity index (χ2v) is 6.66. The standard InChI is InChI=1S/C20H21N7O3/c1-30-15-5-3-14(4-6-15)24-17(28)16-13-23-20(25-18(16)29)27-11-9-26(10-12-27)19-21-7-2-8-22-19/h2-8,13H,9-12H2,1H3,(H,24,28)(H,23,25,29). The van der Waals surface area contributed by atoms with Gasteiger partial charge in [-0.3, -0.25) is 14.6 Å². The minimum Gasteiger partial charge on any atom is -0.497 e. The first kappa shape index (κ1) is 19.4. The zero-order chi connectivity index (χ0) is 20.9. The second kappa shape index (κ2) is 8.60. The number of nitrogens with one attached hydrogen (secondary N) is 2. The lowest BCUT2D eigenvalue weighted by Gasteiger charge is -2.34. The largest absolute Gasteiger partial charge is 0.497 e. The predicted molar refractivity (Wildman–Crippen MR) is 112 cm³/mol. The van der Waals surface area contributed by atoms with E-state index in [1.54, 1.807) is 49.8 Å². The van der Waals surface area contributed by atoms with Crippen molar-refractivity contribution in [3.05, 3.63) is 64.8 Å². The molecule has 1 saturated heterocycles. The summed E-state index contributed by atoms with van der Waals surface area (Å²) in [6.45, 7) is 2.71. The molecule has 1 fully saturated rings. The number of aromatic nitrogens is 4. The topological polar surface area (TPSA) is 116 Å². The molecule has 0 unspecified atom stereocenters. The van der Waals surface area contributed by atoms with Crippen molar-refractivity contribution in [1.82, 2.24) is 19.9 Å². The summed E-state index contributed by atoms with van der Waals surface area (Å²) < 4.78 is 5.09. The van der Waals surface area contributed by atoms with Crippen molar-refractivity contribution in [2.75, 3.05) is 48.4 Å². The molecule has 154 valence electrons. The molecule has 1 aliphatic rings. The van der Waals surface area contributed by atoms with Gasteiger partial charge in [0.1, 0.15) is 11.3 Å². The Hall–Kier alpha value is -3.95. The fourth-order valence-electron chi connectivity index (χ4n) is 3.15. The fourth-order valence-corrected chi connectivity index (χ4v) is 3.15. The highest BCUT2D eigenvalue weighted by molar-refractivity contribution is 6.03. The summed E-state index contributed by atoms with van der Waals surface area (Å²) in [6, 6.07) is 8.62. The summed E-state index contributed by atoms with van der Waals surface area (Å²) in [5, 5.41) is 2.68. The Bertz CT molecular complexity index is 1060. The van der Waals surface area contributed by atoms with Gasteiger partial charge in [0, 0.05) is 50.5 Å². The Balaban J connectivity index is 1.40. The average Bonchev–Trinajstić information content (AvgIpc) is 2.80. The van der Waals surface area contributed by atoms with Crippen molar-refractivity contribution in [1.29, 1.82) is 0 Å². The molecule has 3 heterocycles. The lowest BCUT2D eigenvalue weighted by atomic mass is 10.2. The van der Waals surface area contributed by atoms with Crippen LogP contribution in [-0.4, -0.2) is 59.1 Å². The number of anilines is 3. The number of aromatic amines is 1. The highest BCUT2D eigenvalue weighted by Crippen LogP contribution is 2.16. The fraction of sp³-hybridized carbons (Fsp3) is 0.250. The lowest BCUT2D eigenvalue weighted by molar-refractivity contribution is 0.102. The van der Waals surface area contributed by atoms with E-state index in [4.69, 9.17) is 4.74 Å². The molecular formula is C20H21N7O3. The summed E-state index contributed by atoms with van der Waals surface area (Å²) in [4.78, 5) is 44.5. The van der Waals surface area contributed by atoms with E-state index in [1.807, 2.05) is 4.90 Å². The van der Waals surface area contributed by atoms with E-state index in [2.05, 4.69) is 30.2 Å². The van der Waals surface area contributed by atoms with Crippen LogP contribution in [0.25, 0.3) is 0 Å². The molecule has 0 saturated carbocycles. The monoisotopic (exact) mass is 407 g/mol. The molecule has 1 aromatic carbocycles. The van der Waals surface area contributed by atoms with Crippen LogP contribution in [0, 0.1) is 0 Å². The van der Waals surface area contributed by atoms with Crippen LogP contribution < -0.4 is 25.4 Å². The molecule has 4 rings (SSSR count). The third-order valence-electron chi connectivity index (χ3n) is 4.79. The number of carbonyl (C=O) groups excluding carboxylic acids is 1. The lowest BCUT2D eigenvalue weighted by Crippen LogP contribution is -2.48. The molecule has 2 N–H and O–H groups in total. The second-order valence-electron chi connectivity index (χ2n) is 6.66. The number of hydrogen-bond acceptors (Lipinski definition) is 8. The Morgan fingerprint density at radius 2 is 1.70 bits per heavy atom. The van der Waals surface area contributed by atoms with Gasteiger partial charge in [0.25, 0.3) is 11.5 Å². The van der Waals surface area contributed by atoms with Gasteiger partial charge in [-0.15, -0.1) is 0 Å². The van der Waals surface area contributed by atoms with Crippen LogP contribution >= 0.6 is 0 Å². The molecule has 1 aliphatic heterocycles. The van der Waals surface area contributed by atoms with Crippen LogP contribution in [0.4, 0.5) is 17.6 Å². The Labute approximate surface area is 172 Å². The number of nitrogens with zero attached hydrogens (tertiary/aromatic N) is 5. The first-order valence-electron chi connectivity index (χ1n) is 9.45. The highest BCUT2D eigenvalue weighted by Gasteiger charge is 2.21. The normalized spacial score (nSPS) is 13.8. The minimum atomic E-state index is -0.522. The molecule has 0 atom stereocenters. The van der Waals surface area contributed by atoms with E-state index in [9.17, 15) is 9.59 Å². The van der Waals surface area contributed by atoms with E-state index in [-0.39, 0.29) is 5.56 Å². The van der Waals surface area contributed by atoms with Crippen LogP contribution in [0.1, 0.15) is 10.4 Å². The van der Waals surface area contributed by atoms with E-state index in [0.29, 0.717) is 49.5 Å². The van der Waals surface area contributed by atoms with Gasteiger partial charge in [-0.25, -0.2) is 15.0 Å². The maximum absolute atomic E-state index is 12.5. The number of carbonyl (C=O) groups is 1. The molecule has 0 bridgehead atoms. The van der Waals surface area contributed by atoms with Gasteiger partial charge in [-0.1, -0.05) is 0 Å². The number of rotatable bonds is 5. The molecule has 1 amide bonds. The smallest absolute Gasteiger partial charge is 0.265 e. The first-order valence-corrected chi connectivity index (χ1v) is 9.45. The number of H-pyrrole nitrogens is 1. The third kappa shape index (κ3) is 4.22. The van der Waals surface area contributed by atoms with Gasteiger partial charge in [0.15, 0.2) is 0 Å². The number of benzene rings is 1. The quantitative estimate of drug-likeness (QED) is 0.647. The number of hydrogen-bond donors (Lipinski definition) is 2. The van der Waals surface area contributed by atoms with Crippen molar-refractivity contribution >= 4 is 23.5 Å². The van der Waals surface area contributed by atoms with Crippen molar-refractivity contribution in [3.63, 3.8) is 0 Å². The summed E-state index contributed by atoms with van der Waals surface area (Å²) in [5.74, 6) is 1.28. The molecular weight excluding hydrogens is 386 g/mol. The van der Waals surface area contributed by atoms with E-state index in [0.717, 1.165) is 0 Å². The molecule has 2 aromatic heterocycles. The van der Waals surface area contributed by atoms with Gasteiger partial charge in [-0.2, -0.15) is 0 Å². The van der Waals surface area contributed by atoms with Crippen LogP contribution in [0.5, 0.6) is 5.75 Å². The summed E-state index contributed by atoms with van der Waals surface area (Å²) in [5.41, 5.74) is 0.0225. The van der Waals surface area contributed by atoms with Crippen molar-refractivity contribution < 1.29 is 9.53 Å². The molecule has 10 nitrogen and oxygen atoms in total. The van der Waals surface area contributed by atoms with Crippen molar-refractivity contribution in [2.45, 2.75) is 0 Å². The molecule has 0 spiro atoms. The molecule has 10 heteroatoms. The minimum absolute atomic E-state index is 0.0501. The van der Waals surface area contributed by atoms with Crippen LogP contribution in [0.3, 0.4) is 0 Å². The summed E-state index contributed by atoms with van der Waals surface area (Å²) >= 11 is 0. The number of methoxy groups -OCH3 is 1. The predicted octanol–water partition coefficient (Wildman–Crippen LogP) is 1.15. The van der Waals surface area contributed by atoms with Crippen LogP contribution in [-0.2, 0) is 0 Å². The molecule has 3 aromatic rings. The van der Waals surface area contributed by atoms with E-state index in [1.165, 1.54) is 6.20 Å². The van der Waals surface area contributed by atoms with E-state index >= 15 is 0 Å². The zero-order valence-corrected chi connectivity index (χ0v) is 16.4. The Kier molecular flexibility index (Phi) is 5.55. The van der Waals surface area contributed by atoms with E-state index < -0.39 is 11.5 Å². The maximum Gasteiger partial charge on any atom is 0.265 e. The van der Waals surface area contributed by atoms with Crippen molar-refractivity contribution in [2.24, 2.45) is 0 Å². The van der Waals surface area contributed by atoms with Gasteiger partial charge in [0.05, 0.1) is 7.11 Å². The number of amides is 1. The molecule has 0 radical (unpaired) electrons. The first-order chi connectivity index (χ1) is 14.6. The number of piperazine rings is 1. The van der Waals surface area contributed by atoms with Gasteiger partial charge in [-0.05, 0) is 30.3 Å². The third-order valence-corrected chi connectivity index (χ3v) is 4.79. The molecule has 30 heavy (non-hydrogen) atoms. The summed E-state index contributed by atoms with van der Waals surface area (Å²) in [6.07, 6.45) is 4.73. The van der Waals surface area contributed by atoms with Crippen LogP contribution in [0.15, 0.2) is 53.7 Å². The van der Waals surface area contributed by atoms with Gasteiger partial charge in [0.2, 0.25) is 11.9 Å². The zero-order valence-electron chi connectivity index (χ0n) is 16.4.